The Balaban J connectivity index is 2.37. The van der Waals surface area contributed by atoms with Crippen molar-refractivity contribution in [2.75, 3.05) is 13.2 Å². The van der Waals surface area contributed by atoms with E-state index in [4.69, 9.17) is 10.6 Å². The highest BCUT2D eigenvalue weighted by molar-refractivity contribution is 5.27. The Labute approximate surface area is 83.2 Å². The zero-order valence-corrected chi connectivity index (χ0v) is 8.14. The molecule has 0 amide bonds. The van der Waals surface area contributed by atoms with Gasteiger partial charge in [-0.1, -0.05) is 12.1 Å². The first kappa shape index (κ1) is 11.0. The molecule has 0 bridgehead atoms. The van der Waals surface area contributed by atoms with Gasteiger partial charge in [0.15, 0.2) is 0 Å². The summed E-state index contributed by atoms with van der Waals surface area (Å²) in [5.41, 5.74) is 1.12. The van der Waals surface area contributed by atoms with Crippen LogP contribution in [0.5, 0.6) is 5.75 Å². The van der Waals surface area contributed by atoms with Crippen molar-refractivity contribution in [3.8, 4) is 5.75 Å². The van der Waals surface area contributed by atoms with Crippen molar-refractivity contribution in [3.05, 3.63) is 29.8 Å². The van der Waals surface area contributed by atoms with Gasteiger partial charge in [-0.15, -0.1) is 0 Å². The number of aliphatic hydroxyl groups is 1. The van der Waals surface area contributed by atoms with Crippen LogP contribution < -0.4 is 10.6 Å². The standard InChI is InChI=1S/C10H15NO3/c1-8-3-2-4-10(5-8)13-6-9(12)7-14-11/h2-5,9,12H,6-7,11H2,1H3/t9-/m1/s1. The average Bonchev–Trinajstić information content (AvgIpc) is 2.15. The summed E-state index contributed by atoms with van der Waals surface area (Å²) in [6, 6.07) is 7.61. The van der Waals surface area contributed by atoms with Crippen LogP contribution in [0.2, 0.25) is 0 Å². The van der Waals surface area contributed by atoms with Gasteiger partial charge in [0.2, 0.25) is 0 Å². The normalized spacial score (nSPS) is 12.5. The fourth-order valence-corrected chi connectivity index (χ4v) is 1.06. The van der Waals surface area contributed by atoms with E-state index in [2.05, 4.69) is 4.84 Å². The van der Waals surface area contributed by atoms with Gasteiger partial charge in [0.25, 0.3) is 0 Å². The first-order valence-corrected chi connectivity index (χ1v) is 4.41. The maximum Gasteiger partial charge on any atom is 0.119 e. The highest BCUT2D eigenvalue weighted by atomic mass is 16.6. The molecule has 3 N–H and O–H groups in total. The molecular formula is C10H15NO3. The number of rotatable bonds is 5. The molecule has 0 spiro atoms. The van der Waals surface area contributed by atoms with Gasteiger partial charge in [-0.2, -0.15) is 0 Å². The van der Waals surface area contributed by atoms with E-state index in [-0.39, 0.29) is 13.2 Å². The molecule has 0 aliphatic carbocycles. The lowest BCUT2D eigenvalue weighted by Gasteiger charge is -2.11. The lowest BCUT2D eigenvalue weighted by atomic mass is 10.2. The molecule has 1 atom stereocenters. The Morgan fingerprint density at radius 3 is 2.86 bits per heavy atom. The minimum atomic E-state index is -0.694. The van der Waals surface area contributed by atoms with Gasteiger partial charge >= 0.3 is 0 Å². The molecule has 0 fully saturated rings. The Bertz CT molecular complexity index is 278. The summed E-state index contributed by atoms with van der Waals surface area (Å²) in [6.45, 7) is 2.23. The largest absolute Gasteiger partial charge is 0.491 e. The number of benzene rings is 1. The maximum atomic E-state index is 9.25. The highest BCUT2D eigenvalue weighted by Gasteiger charge is 2.04. The summed E-state index contributed by atoms with van der Waals surface area (Å²) in [5, 5.41) is 9.25. The van der Waals surface area contributed by atoms with Crippen LogP contribution >= 0.6 is 0 Å². The molecule has 0 aromatic heterocycles. The number of ether oxygens (including phenoxy) is 1. The number of hydrogen-bond donors (Lipinski definition) is 2. The second-order valence-corrected chi connectivity index (χ2v) is 3.11. The molecule has 1 rings (SSSR count). The number of nitrogens with two attached hydrogens (primary N) is 1. The minimum absolute atomic E-state index is 0.0752. The minimum Gasteiger partial charge on any atom is -0.491 e. The van der Waals surface area contributed by atoms with Gasteiger partial charge in [0.1, 0.15) is 18.5 Å². The SMILES string of the molecule is Cc1cccc(OC[C@@H](O)CON)c1. The molecule has 0 aliphatic heterocycles. The average molecular weight is 197 g/mol. The van der Waals surface area contributed by atoms with Crippen LogP contribution in [0.1, 0.15) is 5.56 Å². The molecule has 4 heteroatoms. The third-order valence-corrected chi connectivity index (χ3v) is 1.72. The molecule has 0 heterocycles. The Morgan fingerprint density at radius 2 is 2.21 bits per heavy atom. The van der Waals surface area contributed by atoms with E-state index >= 15 is 0 Å². The number of aliphatic hydroxyl groups excluding tert-OH is 1. The van der Waals surface area contributed by atoms with Gasteiger partial charge in [0.05, 0.1) is 6.61 Å². The van der Waals surface area contributed by atoms with Gasteiger partial charge in [-0.05, 0) is 24.6 Å². The fourth-order valence-electron chi connectivity index (χ4n) is 1.06. The zero-order valence-electron chi connectivity index (χ0n) is 8.14. The van der Waals surface area contributed by atoms with Crippen LogP contribution in [-0.2, 0) is 4.84 Å². The van der Waals surface area contributed by atoms with Crippen LogP contribution in [0.4, 0.5) is 0 Å². The second-order valence-electron chi connectivity index (χ2n) is 3.11. The Hall–Kier alpha value is -1.10. The van der Waals surface area contributed by atoms with Gasteiger partial charge in [-0.3, -0.25) is 0 Å². The smallest absolute Gasteiger partial charge is 0.119 e. The van der Waals surface area contributed by atoms with Gasteiger partial charge in [0, 0.05) is 0 Å². The van der Waals surface area contributed by atoms with E-state index in [1.54, 1.807) is 0 Å². The molecule has 0 saturated carbocycles. The molecular weight excluding hydrogens is 182 g/mol. The lowest BCUT2D eigenvalue weighted by Crippen LogP contribution is -2.25. The predicted molar refractivity (Wildman–Crippen MR) is 52.8 cm³/mol. The number of aryl methyl sites for hydroxylation is 1. The van der Waals surface area contributed by atoms with E-state index in [1.165, 1.54) is 0 Å². The molecule has 0 aliphatic rings. The predicted octanol–water partition coefficient (Wildman–Crippen LogP) is 0.625. The van der Waals surface area contributed by atoms with E-state index in [9.17, 15) is 5.11 Å². The molecule has 0 unspecified atom stereocenters. The first-order valence-electron chi connectivity index (χ1n) is 4.41. The topological polar surface area (TPSA) is 64.7 Å². The molecule has 4 nitrogen and oxygen atoms in total. The van der Waals surface area contributed by atoms with Crippen LogP contribution in [0.25, 0.3) is 0 Å². The van der Waals surface area contributed by atoms with E-state index < -0.39 is 6.10 Å². The molecule has 78 valence electrons. The third kappa shape index (κ3) is 3.74. The first-order chi connectivity index (χ1) is 6.72. The molecule has 1 aromatic carbocycles. The Morgan fingerprint density at radius 1 is 1.43 bits per heavy atom. The lowest BCUT2D eigenvalue weighted by molar-refractivity contribution is 0.0116. The summed E-state index contributed by atoms with van der Waals surface area (Å²) >= 11 is 0. The molecule has 1 aromatic rings. The van der Waals surface area contributed by atoms with E-state index in [0.29, 0.717) is 0 Å². The summed E-state index contributed by atoms with van der Waals surface area (Å²) in [5.74, 6) is 5.54. The van der Waals surface area contributed by atoms with E-state index in [1.807, 2.05) is 31.2 Å². The van der Waals surface area contributed by atoms with Gasteiger partial charge in [-0.25, -0.2) is 5.90 Å². The van der Waals surface area contributed by atoms with Crippen molar-refractivity contribution in [1.82, 2.24) is 0 Å². The van der Waals surface area contributed by atoms with Gasteiger partial charge < -0.3 is 14.7 Å². The highest BCUT2D eigenvalue weighted by Crippen LogP contribution is 2.12. The molecule has 14 heavy (non-hydrogen) atoms. The van der Waals surface area contributed by atoms with Crippen LogP contribution in [0.15, 0.2) is 24.3 Å². The summed E-state index contributed by atoms with van der Waals surface area (Å²) < 4.78 is 5.32. The van der Waals surface area contributed by atoms with Crippen molar-refractivity contribution in [2.24, 2.45) is 5.90 Å². The van der Waals surface area contributed by atoms with Crippen molar-refractivity contribution >= 4 is 0 Å². The quantitative estimate of drug-likeness (QED) is 0.679. The van der Waals surface area contributed by atoms with Crippen molar-refractivity contribution in [1.29, 1.82) is 0 Å². The second kappa shape index (κ2) is 5.59. The fraction of sp³-hybridized carbons (Fsp3) is 0.400. The third-order valence-electron chi connectivity index (χ3n) is 1.72. The maximum absolute atomic E-state index is 9.25. The number of hydrogen-bond acceptors (Lipinski definition) is 4. The molecule has 0 saturated heterocycles. The van der Waals surface area contributed by atoms with Crippen molar-refractivity contribution in [3.63, 3.8) is 0 Å². The van der Waals surface area contributed by atoms with Crippen LogP contribution in [-0.4, -0.2) is 24.4 Å². The zero-order chi connectivity index (χ0) is 10.4. The molecule has 0 radical (unpaired) electrons. The van der Waals surface area contributed by atoms with Crippen LogP contribution in [0.3, 0.4) is 0 Å². The summed E-state index contributed by atoms with van der Waals surface area (Å²) in [4.78, 5) is 4.29. The summed E-state index contributed by atoms with van der Waals surface area (Å²) in [6.07, 6.45) is -0.694. The van der Waals surface area contributed by atoms with Crippen LogP contribution in [0, 0.1) is 6.92 Å². The van der Waals surface area contributed by atoms with Crippen molar-refractivity contribution in [2.45, 2.75) is 13.0 Å². The monoisotopic (exact) mass is 197 g/mol. The Kier molecular flexibility index (Phi) is 4.39. The summed E-state index contributed by atoms with van der Waals surface area (Å²) in [7, 11) is 0. The van der Waals surface area contributed by atoms with Crippen molar-refractivity contribution < 1.29 is 14.7 Å². The van der Waals surface area contributed by atoms with E-state index in [0.717, 1.165) is 11.3 Å².